The van der Waals surface area contributed by atoms with Gasteiger partial charge in [-0.25, -0.2) is 0 Å². The molecule has 0 aliphatic rings. The molecule has 0 radical (unpaired) electrons. The third-order valence-corrected chi connectivity index (χ3v) is 7.00. The first-order valence-corrected chi connectivity index (χ1v) is 12.3. The second-order valence-corrected chi connectivity index (χ2v) is 9.06. The van der Waals surface area contributed by atoms with Crippen molar-refractivity contribution in [3.8, 4) is 34.1 Å². The van der Waals surface area contributed by atoms with Gasteiger partial charge in [-0.05, 0) is 63.3 Å². The average molecular weight is 565 g/mol. The van der Waals surface area contributed by atoms with Crippen molar-refractivity contribution in [3.05, 3.63) is 70.7 Å². The van der Waals surface area contributed by atoms with Crippen LogP contribution in [-0.4, -0.2) is 48.4 Å². The molecule has 1 amide bonds. The minimum Gasteiger partial charge on any atom is -0.493 e. The Kier molecular flexibility index (Phi) is 7.78. The number of halogens is 1. The number of fused-ring (bicyclic) bond motifs is 1. The van der Waals surface area contributed by atoms with E-state index in [0.717, 1.165) is 27.6 Å². The van der Waals surface area contributed by atoms with Crippen LogP contribution >= 0.6 is 15.9 Å². The van der Waals surface area contributed by atoms with Crippen molar-refractivity contribution in [3.63, 3.8) is 0 Å². The van der Waals surface area contributed by atoms with E-state index in [4.69, 9.17) is 18.9 Å². The molecule has 0 bridgehead atoms. The molecule has 4 aromatic rings. The first-order chi connectivity index (χ1) is 17.9. The number of carbonyl (C=O) groups is 1. The van der Waals surface area contributed by atoms with E-state index in [1.54, 1.807) is 45.4 Å². The van der Waals surface area contributed by atoms with Gasteiger partial charge in [0, 0.05) is 35.2 Å². The number of hydrogen-bond donors (Lipinski definition) is 1. The van der Waals surface area contributed by atoms with Crippen LogP contribution in [0.2, 0.25) is 0 Å². The van der Waals surface area contributed by atoms with E-state index < -0.39 is 0 Å². The first kappa shape index (κ1) is 26.2. The van der Waals surface area contributed by atoms with Gasteiger partial charge in [0.05, 0.1) is 39.7 Å². The summed E-state index contributed by atoms with van der Waals surface area (Å²) < 4.78 is 23.1. The lowest BCUT2D eigenvalue weighted by Crippen LogP contribution is -2.27. The largest absolute Gasteiger partial charge is 0.493 e. The number of hydrogen-bond acceptors (Lipinski definition) is 6. The van der Waals surface area contributed by atoms with Crippen molar-refractivity contribution in [2.24, 2.45) is 0 Å². The topological polar surface area (TPSA) is 69.3 Å². The number of carbonyl (C=O) groups excluding carboxylic acids is 1. The monoisotopic (exact) mass is 564 g/mol. The summed E-state index contributed by atoms with van der Waals surface area (Å²) in [4.78, 5) is 15.5. The van der Waals surface area contributed by atoms with Gasteiger partial charge in [0.2, 0.25) is 0 Å². The van der Waals surface area contributed by atoms with Crippen LogP contribution in [0.1, 0.15) is 10.4 Å². The van der Waals surface area contributed by atoms with Gasteiger partial charge in [-0.3, -0.25) is 4.79 Å². The van der Waals surface area contributed by atoms with Gasteiger partial charge >= 0.3 is 0 Å². The summed E-state index contributed by atoms with van der Waals surface area (Å²) in [5.41, 5.74) is 3.90. The standard InChI is InChI=1S/C29H29BrN2O5/c1-31-18-12-10-17(11-13-18)25-19-8-7-9-22(20(19)16-24(35-4)28(25)37-6)32(2)29(33)26-21(30)14-15-23(34-3)27(26)36-5/h7-16,31H,1-6H3. The fraction of sp³-hybridized carbons (Fsp3) is 0.207. The van der Waals surface area contributed by atoms with E-state index in [0.29, 0.717) is 38.7 Å². The minimum absolute atomic E-state index is 0.259. The molecule has 0 unspecified atom stereocenters. The number of amides is 1. The Morgan fingerprint density at radius 3 is 2.08 bits per heavy atom. The molecule has 0 spiro atoms. The number of ether oxygens (including phenoxy) is 4. The Morgan fingerprint density at radius 2 is 1.49 bits per heavy atom. The molecule has 0 aliphatic heterocycles. The first-order valence-electron chi connectivity index (χ1n) is 11.5. The van der Waals surface area contributed by atoms with Crippen molar-refractivity contribution in [1.82, 2.24) is 0 Å². The summed E-state index contributed by atoms with van der Waals surface area (Å²) in [5, 5.41) is 4.90. The Hall–Kier alpha value is -3.91. The van der Waals surface area contributed by atoms with Crippen LogP contribution < -0.4 is 29.2 Å². The number of methoxy groups -OCH3 is 4. The molecule has 0 aliphatic carbocycles. The molecule has 7 nitrogen and oxygen atoms in total. The van der Waals surface area contributed by atoms with Gasteiger partial charge < -0.3 is 29.2 Å². The van der Waals surface area contributed by atoms with Crippen LogP contribution in [0.5, 0.6) is 23.0 Å². The molecule has 192 valence electrons. The highest BCUT2D eigenvalue weighted by molar-refractivity contribution is 9.10. The van der Waals surface area contributed by atoms with E-state index in [-0.39, 0.29) is 5.91 Å². The Morgan fingerprint density at radius 1 is 0.811 bits per heavy atom. The number of nitrogens with zero attached hydrogens (tertiary/aromatic N) is 1. The number of nitrogens with one attached hydrogen (secondary N) is 1. The maximum atomic E-state index is 13.9. The maximum Gasteiger partial charge on any atom is 0.263 e. The maximum absolute atomic E-state index is 13.9. The van der Waals surface area contributed by atoms with Crippen molar-refractivity contribution in [2.45, 2.75) is 0 Å². The molecule has 0 saturated carbocycles. The fourth-order valence-electron chi connectivity index (χ4n) is 4.48. The molecule has 4 rings (SSSR count). The van der Waals surface area contributed by atoms with Gasteiger partial charge in [0.25, 0.3) is 5.91 Å². The van der Waals surface area contributed by atoms with Crippen LogP contribution in [0.25, 0.3) is 21.9 Å². The summed E-state index contributed by atoms with van der Waals surface area (Å²) in [6.45, 7) is 0. The quantitative estimate of drug-likeness (QED) is 0.259. The molecular weight excluding hydrogens is 536 g/mol. The molecule has 1 N–H and O–H groups in total. The minimum atomic E-state index is -0.259. The van der Waals surface area contributed by atoms with E-state index in [9.17, 15) is 4.79 Å². The van der Waals surface area contributed by atoms with Gasteiger partial charge in [-0.15, -0.1) is 0 Å². The SMILES string of the molecule is CNc1ccc(-c2c(OC)c(OC)cc3c(N(C)C(=O)c4c(Br)ccc(OC)c4OC)cccc23)cc1. The Labute approximate surface area is 225 Å². The van der Waals surface area contributed by atoms with Gasteiger partial charge in [0.15, 0.2) is 23.0 Å². The van der Waals surface area contributed by atoms with Crippen LogP contribution in [-0.2, 0) is 0 Å². The van der Waals surface area contributed by atoms with E-state index in [1.165, 1.54) is 7.11 Å². The number of anilines is 2. The number of rotatable bonds is 8. The lowest BCUT2D eigenvalue weighted by molar-refractivity contribution is 0.0989. The summed E-state index contributed by atoms with van der Waals surface area (Å²) in [7, 11) is 9.90. The fourth-order valence-corrected chi connectivity index (χ4v) is 4.96. The summed E-state index contributed by atoms with van der Waals surface area (Å²) in [5.74, 6) is 1.76. The molecule has 0 atom stereocenters. The van der Waals surface area contributed by atoms with Gasteiger partial charge in [-0.2, -0.15) is 0 Å². The summed E-state index contributed by atoms with van der Waals surface area (Å²) in [6.07, 6.45) is 0. The van der Waals surface area contributed by atoms with Gasteiger partial charge in [0.1, 0.15) is 0 Å². The summed E-state index contributed by atoms with van der Waals surface area (Å²) >= 11 is 3.51. The van der Waals surface area contributed by atoms with Crippen molar-refractivity contribution in [2.75, 3.05) is 52.8 Å². The average Bonchev–Trinajstić information content (AvgIpc) is 2.94. The zero-order chi connectivity index (χ0) is 26.7. The van der Waals surface area contributed by atoms with Gasteiger partial charge in [-0.1, -0.05) is 24.3 Å². The predicted molar refractivity (Wildman–Crippen MR) is 152 cm³/mol. The zero-order valence-electron chi connectivity index (χ0n) is 21.6. The van der Waals surface area contributed by atoms with Crippen LogP contribution in [0, 0.1) is 0 Å². The molecule has 8 heteroatoms. The van der Waals surface area contributed by atoms with E-state index >= 15 is 0 Å². The zero-order valence-corrected chi connectivity index (χ0v) is 23.2. The lowest BCUT2D eigenvalue weighted by Gasteiger charge is -2.24. The number of benzene rings is 4. The smallest absolute Gasteiger partial charge is 0.263 e. The third kappa shape index (κ3) is 4.64. The molecule has 0 saturated heterocycles. The highest BCUT2D eigenvalue weighted by Crippen LogP contribution is 2.47. The second-order valence-electron chi connectivity index (χ2n) is 8.21. The van der Waals surface area contributed by atoms with Crippen molar-refractivity contribution >= 4 is 44.0 Å². The van der Waals surface area contributed by atoms with E-state index in [1.807, 2.05) is 55.6 Å². The lowest BCUT2D eigenvalue weighted by atomic mass is 9.95. The van der Waals surface area contributed by atoms with E-state index in [2.05, 4.69) is 21.2 Å². The molecule has 0 heterocycles. The van der Waals surface area contributed by atoms with Crippen molar-refractivity contribution < 1.29 is 23.7 Å². The molecule has 4 aromatic carbocycles. The van der Waals surface area contributed by atoms with Crippen molar-refractivity contribution in [1.29, 1.82) is 0 Å². The highest BCUT2D eigenvalue weighted by Gasteiger charge is 2.26. The Bertz CT molecular complexity index is 1450. The molecule has 0 aromatic heterocycles. The third-order valence-electron chi connectivity index (χ3n) is 6.34. The highest BCUT2D eigenvalue weighted by atomic mass is 79.9. The second kappa shape index (κ2) is 11.0. The normalized spacial score (nSPS) is 10.7. The van der Waals surface area contributed by atoms with Crippen LogP contribution in [0.4, 0.5) is 11.4 Å². The Balaban J connectivity index is 1.95. The molecule has 0 fully saturated rings. The summed E-state index contributed by atoms with van der Waals surface area (Å²) in [6, 6.07) is 19.3. The van der Waals surface area contributed by atoms with Crippen LogP contribution in [0.3, 0.4) is 0 Å². The predicted octanol–water partition coefficient (Wildman–Crippen LogP) is 6.62. The molecule has 37 heavy (non-hydrogen) atoms. The molecular formula is C29H29BrN2O5. The van der Waals surface area contributed by atoms with Crippen LogP contribution in [0.15, 0.2) is 65.1 Å².